The van der Waals surface area contributed by atoms with Crippen LogP contribution in [0.25, 0.3) is 0 Å². The van der Waals surface area contributed by atoms with E-state index in [1.165, 1.54) is 5.57 Å². The minimum absolute atomic E-state index is 0.207. The number of aliphatic hydroxyl groups is 1. The van der Waals surface area contributed by atoms with Gasteiger partial charge in [0.2, 0.25) is 0 Å². The summed E-state index contributed by atoms with van der Waals surface area (Å²) in [7, 11) is 0. The van der Waals surface area contributed by atoms with E-state index in [1.54, 1.807) is 0 Å². The average Bonchev–Trinajstić information content (AvgIpc) is 2.05. The molecule has 0 heterocycles. The predicted octanol–water partition coefficient (Wildman–Crippen LogP) is 2.28. The van der Waals surface area contributed by atoms with Gasteiger partial charge in [-0.1, -0.05) is 30.7 Å². The van der Waals surface area contributed by atoms with E-state index in [0.717, 1.165) is 12.8 Å². The molecule has 2 atom stereocenters. The Labute approximate surface area is 68.4 Å². The second kappa shape index (κ2) is 3.72. The predicted molar refractivity (Wildman–Crippen MR) is 47.3 cm³/mol. The Bertz CT molecular complexity index is 177. The molecule has 62 valence electrons. The van der Waals surface area contributed by atoms with Crippen molar-refractivity contribution >= 4 is 0 Å². The molecule has 1 aliphatic rings. The van der Waals surface area contributed by atoms with E-state index in [2.05, 4.69) is 25.2 Å². The minimum Gasteiger partial charge on any atom is -0.393 e. The first kappa shape index (κ1) is 8.54. The zero-order valence-corrected chi connectivity index (χ0v) is 7.25. The second-order valence-corrected chi connectivity index (χ2v) is 3.13. The summed E-state index contributed by atoms with van der Waals surface area (Å²) in [4.78, 5) is 0. The Balaban J connectivity index is 2.50. The molecule has 0 aromatic carbocycles. The van der Waals surface area contributed by atoms with Crippen molar-refractivity contribution in [1.82, 2.24) is 0 Å². The van der Waals surface area contributed by atoms with Gasteiger partial charge in [0.1, 0.15) is 0 Å². The van der Waals surface area contributed by atoms with E-state index < -0.39 is 0 Å². The SMILES string of the molecule is CCC1=CCC(C(C)O)C=C1. The van der Waals surface area contributed by atoms with Crippen LogP contribution in [-0.2, 0) is 0 Å². The van der Waals surface area contributed by atoms with E-state index >= 15 is 0 Å². The highest BCUT2D eigenvalue weighted by Crippen LogP contribution is 2.20. The molecule has 2 unspecified atom stereocenters. The maximum Gasteiger partial charge on any atom is 0.0577 e. The zero-order valence-electron chi connectivity index (χ0n) is 7.25. The molecule has 0 aromatic heterocycles. The van der Waals surface area contributed by atoms with Crippen molar-refractivity contribution in [3.05, 3.63) is 23.8 Å². The lowest BCUT2D eigenvalue weighted by Gasteiger charge is -2.17. The highest BCUT2D eigenvalue weighted by atomic mass is 16.3. The van der Waals surface area contributed by atoms with Gasteiger partial charge >= 0.3 is 0 Å². The minimum atomic E-state index is -0.207. The molecule has 0 saturated heterocycles. The quantitative estimate of drug-likeness (QED) is 0.643. The van der Waals surface area contributed by atoms with Crippen LogP contribution >= 0.6 is 0 Å². The van der Waals surface area contributed by atoms with Crippen molar-refractivity contribution in [2.45, 2.75) is 32.8 Å². The molecule has 1 aliphatic carbocycles. The Morgan fingerprint density at radius 2 is 2.45 bits per heavy atom. The molecule has 0 aromatic rings. The maximum atomic E-state index is 9.26. The van der Waals surface area contributed by atoms with Crippen LogP contribution in [0, 0.1) is 5.92 Å². The van der Waals surface area contributed by atoms with Crippen LogP contribution in [0.2, 0.25) is 0 Å². The highest BCUT2D eigenvalue weighted by Gasteiger charge is 2.12. The van der Waals surface area contributed by atoms with Crippen LogP contribution in [0.3, 0.4) is 0 Å². The Morgan fingerprint density at radius 1 is 1.73 bits per heavy atom. The Hall–Kier alpha value is -0.560. The number of rotatable bonds is 2. The molecule has 1 heteroatoms. The molecule has 0 fully saturated rings. The van der Waals surface area contributed by atoms with Crippen LogP contribution in [0.1, 0.15) is 26.7 Å². The first-order valence-corrected chi connectivity index (χ1v) is 4.29. The molecular weight excluding hydrogens is 136 g/mol. The van der Waals surface area contributed by atoms with E-state index in [1.807, 2.05) is 6.92 Å². The lowest BCUT2D eigenvalue weighted by atomic mass is 9.92. The van der Waals surface area contributed by atoms with Gasteiger partial charge in [-0.25, -0.2) is 0 Å². The van der Waals surface area contributed by atoms with Crippen LogP contribution in [0.4, 0.5) is 0 Å². The van der Waals surface area contributed by atoms with E-state index in [-0.39, 0.29) is 6.10 Å². The number of hydrogen-bond donors (Lipinski definition) is 1. The van der Waals surface area contributed by atoms with Crippen molar-refractivity contribution in [2.24, 2.45) is 5.92 Å². The summed E-state index contributed by atoms with van der Waals surface area (Å²) in [6.45, 7) is 4.00. The van der Waals surface area contributed by atoms with Gasteiger partial charge < -0.3 is 5.11 Å². The monoisotopic (exact) mass is 152 g/mol. The Kier molecular flexibility index (Phi) is 2.89. The summed E-state index contributed by atoms with van der Waals surface area (Å²) in [6.07, 6.45) is 8.35. The summed E-state index contributed by atoms with van der Waals surface area (Å²) in [6, 6.07) is 0. The number of aliphatic hydroxyl groups excluding tert-OH is 1. The van der Waals surface area contributed by atoms with E-state index in [0.29, 0.717) is 5.92 Å². The molecule has 11 heavy (non-hydrogen) atoms. The smallest absolute Gasteiger partial charge is 0.0577 e. The third-order valence-corrected chi connectivity index (χ3v) is 2.24. The van der Waals surface area contributed by atoms with Crippen LogP contribution < -0.4 is 0 Å². The summed E-state index contributed by atoms with van der Waals surface area (Å²) < 4.78 is 0. The highest BCUT2D eigenvalue weighted by molar-refractivity contribution is 5.23. The van der Waals surface area contributed by atoms with Crippen molar-refractivity contribution < 1.29 is 5.11 Å². The summed E-state index contributed by atoms with van der Waals surface area (Å²) >= 11 is 0. The van der Waals surface area contributed by atoms with Crippen LogP contribution in [-0.4, -0.2) is 11.2 Å². The van der Waals surface area contributed by atoms with Gasteiger partial charge in [-0.3, -0.25) is 0 Å². The van der Waals surface area contributed by atoms with Crippen LogP contribution in [0.5, 0.6) is 0 Å². The molecule has 1 N–H and O–H groups in total. The normalized spacial score (nSPS) is 26.5. The summed E-state index contributed by atoms with van der Waals surface area (Å²) in [5.41, 5.74) is 1.39. The third-order valence-electron chi connectivity index (χ3n) is 2.24. The van der Waals surface area contributed by atoms with Gasteiger partial charge in [-0.2, -0.15) is 0 Å². The van der Waals surface area contributed by atoms with Gasteiger partial charge in [0, 0.05) is 5.92 Å². The lowest BCUT2D eigenvalue weighted by Crippen LogP contribution is -2.15. The summed E-state index contributed by atoms with van der Waals surface area (Å²) in [5.74, 6) is 0.338. The molecule has 0 saturated carbocycles. The maximum absolute atomic E-state index is 9.26. The van der Waals surface area contributed by atoms with Crippen molar-refractivity contribution in [3.63, 3.8) is 0 Å². The molecule has 0 amide bonds. The van der Waals surface area contributed by atoms with Crippen LogP contribution in [0.15, 0.2) is 23.8 Å². The van der Waals surface area contributed by atoms with Gasteiger partial charge in [-0.05, 0) is 19.8 Å². The summed E-state index contributed by atoms with van der Waals surface area (Å²) in [5, 5.41) is 9.26. The van der Waals surface area contributed by atoms with E-state index in [4.69, 9.17) is 0 Å². The third kappa shape index (κ3) is 2.19. The molecular formula is C10H16O. The van der Waals surface area contributed by atoms with Crippen molar-refractivity contribution in [3.8, 4) is 0 Å². The van der Waals surface area contributed by atoms with Gasteiger partial charge in [0.05, 0.1) is 6.10 Å². The zero-order chi connectivity index (χ0) is 8.27. The molecule has 0 aliphatic heterocycles. The molecule has 1 rings (SSSR count). The lowest BCUT2D eigenvalue weighted by molar-refractivity contribution is 0.149. The second-order valence-electron chi connectivity index (χ2n) is 3.13. The number of hydrogen-bond acceptors (Lipinski definition) is 1. The molecule has 0 bridgehead atoms. The fraction of sp³-hybridized carbons (Fsp3) is 0.600. The largest absolute Gasteiger partial charge is 0.393 e. The van der Waals surface area contributed by atoms with E-state index in [9.17, 15) is 5.11 Å². The Morgan fingerprint density at radius 3 is 2.82 bits per heavy atom. The van der Waals surface area contributed by atoms with Crippen molar-refractivity contribution in [1.29, 1.82) is 0 Å². The molecule has 1 nitrogen and oxygen atoms in total. The standard InChI is InChI=1S/C10H16O/c1-3-9-4-6-10(7-5-9)8(2)11/h4-6,8,10-11H,3,7H2,1-2H3. The number of allylic oxidation sites excluding steroid dienone is 3. The topological polar surface area (TPSA) is 20.2 Å². The van der Waals surface area contributed by atoms with Gasteiger partial charge in [-0.15, -0.1) is 0 Å². The fourth-order valence-corrected chi connectivity index (χ4v) is 1.30. The average molecular weight is 152 g/mol. The molecule has 0 spiro atoms. The first-order chi connectivity index (χ1) is 5.24. The molecule has 0 radical (unpaired) electrons. The first-order valence-electron chi connectivity index (χ1n) is 4.29. The van der Waals surface area contributed by atoms with Gasteiger partial charge in [0.25, 0.3) is 0 Å². The van der Waals surface area contributed by atoms with Gasteiger partial charge in [0.15, 0.2) is 0 Å². The van der Waals surface area contributed by atoms with Crippen molar-refractivity contribution in [2.75, 3.05) is 0 Å². The fourth-order valence-electron chi connectivity index (χ4n) is 1.30.